The molecule has 5 nitrogen and oxygen atoms in total. The van der Waals surface area contributed by atoms with Crippen LogP contribution in [0.25, 0.3) is 0 Å². The van der Waals surface area contributed by atoms with Gasteiger partial charge in [-0.05, 0) is 12.0 Å². The number of aromatic nitrogens is 3. The van der Waals surface area contributed by atoms with E-state index in [1.807, 2.05) is 0 Å². The molecule has 0 bridgehead atoms. The highest BCUT2D eigenvalue weighted by Gasteiger charge is 2.01. The molecule has 0 radical (unpaired) electrons. The Balaban J connectivity index is 1.88. The first-order valence-electron chi connectivity index (χ1n) is 4.58. The van der Waals surface area contributed by atoms with Crippen LogP contribution in [0.2, 0.25) is 0 Å². The van der Waals surface area contributed by atoms with Crippen LogP contribution in [0.3, 0.4) is 0 Å². The first-order valence-corrected chi connectivity index (χ1v) is 4.58. The second-order valence-electron chi connectivity index (χ2n) is 3.03. The third-order valence-electron chi connectivity index (χ3n) is 2.02. The first-order chi connectivity index (χ1) is 6.88. The Morgan fingerprint density at radius 1 is 1.57 bits per heavy atom. The summed E-state index contributed by atoms with van der Waals surface area (Å²) in [6, 6.07) is 0. The molecule has 1 aliphatic carbocycles. The van der Waals surface area contributed by atoms with Gasteiger partial charge in [0.25, 0.3) is 0 Å². The summed E-state index contributed by atoms with van der Waals surface area (Å²) >= 11 is 0. The molecule has 0 unspecified atom stereocenters. The van der Waals surface area contributed by atoms with Gasteiger partial charge in [-0.3, -0.25) is 0 Å². The number of rotatable bonds is 4. The maximum Gasteiger partial charge on any atom is 0.243 e. The number of aromatic amines is 1. The van der Waals surface area contributed by atoms with Crippen LogP contribution in [0.5, 0.6) is 0 Å². The van der Waals surface area contributed by atoms with E-state index in [0.29, 0.717) is 11.9 Å². The van der Waals surface area contributed by atoms with Gasteiger partial charge in [-0.15, -0.1) is 5.10 Å². The van der Waals surface area contributed by atoms with Crippen LogP contribution in [-0.2, 0) is 0 Å². The molecule has 1 aliphatic rings. The first kappa shape index (κ1) is 8.80. The fourth-order valence-corrected chi connectivity index (χ4v) is 1.28. The van der Waals surface area contributed by atoms with E-state index in [9.17, 15) is 0 Å². The fraction of sp³-hybridized carbons (Fsp3) is 0.333. The largest absolute Gasteiger partial charge is 0.356 e. The molecule has 0 aliphatic heterocycles. The summed E-state index contributed by atoms with van der Waals surface area (Å²) in [7, 11) is 1.79. The van der Waals surface area contributed by atoms with Crippen LogP contribution in [-0.4, -0.2) is 28.8 Å². The number of allylic oxidation sites excluding steroid dienone is 2. The lowest BCUT2D eigenvalue weighted by molar-refractivity contribution is 1.07. The lowest BCUT2D eigenvalue weighted by Crippen LogP contribution is -2.04. The number of hydrogen-bond acceptors (Lipinski definition) is 4. The third kappa shape index (κ3) is 1.93. The maximum absolute atomic E-state index is 4.15. The zero-order chi connectivity index (χ0) is 9.80. The van der Waals surface area contributed by atoms with E-state index in [-0.39, 0.29) is 0 Å². The van der Waals surface area contributed by atoms with E-state index < -0.39 is 0 Å². The molecule has 14 heavy (non-hydrogen) atoms. The van der Waals surface area contributed by atoms with Gasteiger partial charge in [0.2, 0.25) is 11.9 Å². The lowest BCUT2D eigenvalue weighted by atomic mass is 10.3. The average Bonchev–Trinajstić information content (AvgIpc) is 2.86. The van der Waals surface area contributed by atoms with Crippen LogP contribution in [0, 0.1) is 0 Å². The van der Waals surface area contributed by atoms with Gasteiger partial charge >= 0.3 is 0 Å². The molecule has 0 atom stereocenters. The molecule has 0 saturated carbocycles. The molecule has 1 aromatic rings. The van der Waals surface area contributed by atoms with Crippen molar-refractivity contribution < 1.29 is 0 Å². The highest BCUT2D eigenvalue weighted by Crippen LogP contribution is 2.09. The van der Waals surface area contributed by atoms with E-state index in [4.69, 9.17) is 0 Å². The minimum absolute atomic E-state index is 0.600. The van der Waals surface area contributed by atoms with E-state index in [0.717, 1.165) is 13.0 Å². The molecule has 74 valence electrons. The summed E-state index contributed by atoms with van der Waals surface area (Å²) in [5.74, 6) is 1.29. The molecule has 1 aromatic heterocycles. The summed E-state index contributed by atoms with van der Waals surface area (Å²) in [5.41, 5.74) is 1.28. The van der Waals surface area contributed by atoms with Crippen molar-refractivity contribution in [3.63, 3.8) is 0 Å². The summed E-state index contributed by atoms with van der Waals surface area (Å²) in [5, 5.41) is 12.7. The minimum Gasteiger partial charge on any atom is -0.356 e. The van der Waals surface area contributed by atoms with E-state index in [1.54, 1.807) is 7.05 Å². The van der Waals surface area contributed by atoms with Crippen LogP contribution >= 0.6 is 0 Å². The van der Waals surface area contributed by atoms with Crippen LogP contribution in [0.15, 0.2) is 23.8 Å². The standard InChI is InChI=1S/C9H13N5/c1-10-8-12-9(14-13-8)11-6-7-4-2-3-5-7/h2,4-5H,3,6H2,1H3,(H3,10,11,12,13,14). The zero-order valence-corrected chi connectivity index (χ0v) is 8.04. The minimum atomic E-state index is 0.600. The number of nitrogens with zero attached hydrogens (tertiary/aromatic N) is 2. The Morgan fingerprint density at radius 3 is 3.14 bits per heavy atom. The average molecular weight is 191 g/mol. The van der Waals surface area contributed by atoms with Crippen molar-refractivity contribution in [3.8, 4) is 0 Å². The van der Waals surface area contributed by atoms with E-state index in [2.05, 4.69) is 44.0 Å². The molecule has 0 fully saturated rings. The molecule has 1 heterocycles. The van der Waals surface area contributed by atoms with Gasteiger partial charge < -0.3 is 10.6 Å². The van der Waals surface area contributed by atoms with Crippen molar-refractivity contribution >= 4 is 11.9 Å². The van der Waals surface area contributed by atoms with E-state index >= 15 is 0 Å². The highest BCUT2D eigenvalue weighted by atomic mass is 15.3. The smallest absolute Gasteiger partial charge is 0.243 e. The quantitative estimate of drug-likeness (QED) is 0.667. The number of H-pyrrole nitrogens is 1. The molecule has 3 N–H and O–H groups in total. The highest BCUT2D eigenvalue weighted by molar-refractivity contribution is 5.37. The molecule has 0 amide bonds. The Bertz CT molecular complexity index is 363. The fourth-order valence-electron chi connectivity index (χ4n) is 1.28. The Labute approximate surface area is 82.3 Å². The molecular weight excluding hydrogens is 178 g/mol. The molecule has 0 aromatic carbocycles. The Morgan fingerprint density at radius 2 is 2.50 bits per heavy atom. The molecule has 0 spiro atoms. The number of nitrogens with one attached hydrogen (secondary N) is 3. The van der Waals surface area contributed by atoms with Gasteiger partial charge in [-0.1, -0.05) is 18.2 Å². The van der Waals surface area contributed by atoms with Gasteiger partial charge in [0, 0.05) is 13.6 Å². The van der Waals surface area contributed by atoms with E-state index in [1.165, 1.54) is 5.57 Å². The van der Waals surface area contributed by atoms with Crippen molar-refractivity contribution in [2.45, 2.75) is 6.42 Å². The van der Waals surface area contributed by atoms with Crippen molar-refractivity contribution in [3.05, 3.63) is 23.8 Å². The third-order valence-corrected chi connectivity index (χ3v) is 2.02. The second-order valence-corrected chi connectivity index (χ2v) is 3.03. The summed E-state index contributed by atoms with van der Waals surface area (Å²) < 4.78 is 0. The molecule has 5 heteroatoms. The zero-order valence-electron chi connectivity index (χ0n) is 8.04. The summed E-state index contributed by atoms with van der Waals surface area (Å²) in [6.07, 6.45) is 7.47. The van der Waals surface area contributed by atoms with Crippen molar-refractivity contribution in [1.82, 2.24) is 15.2 Å². The maximum atomic E-state index is 4.15. The van der Waals surface area contributed by atoms with Crippen LogP contribution in [0.1, 0.15) is 6.42 Å². The lowest BCUT2D eigenvalue weighted by Gasteiger charge is -2.00. The van der Waals surface area contributed by atoms with Gasteiger partial charge in [-0.25, -0.2) is 5.10 Å². The molecule has 2 rings (SSSR count). The second kappa shape index (κ2) is 3.95. The number of anilines is 2. The monoisotopic (exact) mass is 191 g/mol. The SMILES string of the molecule is CNc1n[nH]c(NCC2=CCC=C2)n1. The Hall–Kier alpha value is -1.78. The molecular formula is C9H13N5. The van der Waals surface area contributed by atoms with Crippen molar-refractivity contribution in [1.29, 1.82) is 0 Å². The van der Waals surface area contributed by atoms with Gasteiger partial charge in [-0.2, -0.15) is 4.98 Å². The predicted molar refractivity (Wildman–Crippen MR) is 56.3 cm³/mol. The predicted octanol–water partition coefficient (Wildman–Crippen LogP) is 1.14. The number of hydrogen-bond donors (Lipinski definition) is 3. The topological polar surface area (TPSA) is 65.6 Å². The Kier molecular flexibility index (Phi) is 2.48. The van der Waals surface area contributed by atoms with Crippen LogP contribution in [0.4, 0.5) is 11.9 Å². The van der Waals surface area contributed by atoms with Crippen molar-refractivity contribution in [2.75, 3.05) is 24.2 Å². The van der Waals surface area contributed by atoms with Crippen molar-refractivity contribution in [2.24, 2.45) is 0 Å². The molecule has 0 saturated heterocycles. The van der Waals surface area contributed by atoms with Gasteiger partial charge in [0.15, 0.2) is 0 Å². The van der Waals surface area contributed by atoms with Gasteiger partial charge in [0.05, 0.1) is 0 Å². The van der Waals surface area contributed by atoms with Gasteiger partial charge in [0.1, 0.15) is 0 Å². The summed E-state index contributed by atoms with van der Waals surface area (Å²) in [6.45, 7) is 0.787. The normalized spacial score (nSPS) is 14.2. The van der Waals surface area contributed by atoms with Crippen LogP contribution < -0.4 is 10.6 Å². The summed E-state index contributed by atoms with van der Waals surface area (Å²) in [4.78, 5) is 4.15.